The molecule has 17 heavy (non-hydrogen) atoms. The van der Waals surface area contributed by atoms with Crippen LogP contribution in [0.2, 0.25) is 10.0 Å². The predicted octanol–water partition coefficient (Wildman–Crippen LogP) is 3.82. The first-order chi connectivity index (χ1) is 8.07. The Morgan fingerprint density at radius 2 is 2.18 bits per heavy atom. The minimum Gasteiger partial charge on any atom is -0.373 e. The molecule has 1 aromatic carbocycles. The van der Waals surface area contributed by atoms with Gasteiger partial charge in [0.15, 0.2) is 0 Å². The normalized spacial score (nSPS) is 26.1. The molecule has 94 valence electrons. The second kappa shape index (κ2) is 5.15. The van der Waals surface area contributed by atoms with Crippen LogP contribution in [-0.2, 0) is 4.74 Å². The Balaban J connectivity index is 2.37. The highest BCUT2D eigenvalue weighted by molar-refractivity contribution is 6.33. The van der Waals surface area contributed by atoms with Crippen LogP contribution in [0.5, 0.6) is 0 Å². The van der Waals surface area contributed by atoms with Crippen LogP contribution in [-0.4, -0.2) is 19.3 Å². The van der Waals surface area contributed by atoms with Crippen molar-refractivity contribution < 1.29 is 4.74 Å². The van der Waals surface area contributed by atoms with Crippen molar-refractivity contribution in [3.8, 4) is 0 Å². The molecule has 4 heteroatoms. The van der Waals surface area contributed by atoms with Crippen molar-refractivity contribution in [2.75, 3.05) is 13.7 Å². The summed E-state index contributed by atoms with van der Waals surface area (Å²) in [5.74, 6) is 0. The lowest BCUT2D eigenvalue weighted by Gasteiger charge is -2.34. The number of ether oxygens (including phenoxy) is 1. The van der Waals surface area contributed by atoms with Gasteiger partial charge in [-0.25, -0.2) is 0 Å². The smallest absolute Gasteiger partial charge is 0.0849 e. The van der Waals surface area contributed by atoms with E-state index in [4.69, 9.17) is 27.9 Å². The first kappa shape index (κ1) is 13.2. The van der Waals surface area contributed by atoms with E-state index in [1.54, 1.807) is 6.07 Å². The van der Waals surface area contributed by atoms with Gasteiger partial charge in [-0.2, -0.15) is 0 Å². The highest BCUT2D eigenvalue weighted by Crippen LogP contribution is 2.40. The molecule has 0 spiro atoms. The van der Waals surface area contributed by atoms with Gasteiger partial charge in [0.2, 0.25) is 0 Å². The Morgan fingerprint density at radius 1 is 1.41 bits per heavy atom. The number of nitrogens with one attached hydrogen (secondary N) is 1. The van der Waals surface area contributed by atoms with Gasteiger partial charge in [0.05, 0.1) is 11.6 Å². The van der Waals surface area contributed by atoms with Crippen LogP contribution in [0, 0.1) is 0 Å². The van der Waals surface area contributed by atoms with Gasteiger partial charge in [-0.15, -0.1) is 0 Å². The molecule has 1 saturated heterocycles. The molecule has 1 aromatic rings. The van der Waals surface area contributed by atoms with E-state index in [-0.39, 0.29) is 11.6 Å². The summed E-state index contributed by atoms with van der Waals surface area (Å²) in [7, 11) is 1.93. The first-order valence-corrected chi connectivity index (χ1v) is 6.58. The van der Waals surface area contributed by atoms with E-state index in [2.05, 4.69) is 12.2 Å². The van der Waals surface area contributed by atoms with Crippen molar-refractivity contribution in [1.82, 2.24) is 5.32 Å². The maximum atomic E-state index is 6.26. The van der Waals surface area contributed by atoms with Crippen LogP contribution >= 0.6 is 23.2 Å². The number of likely N-dealkylation sites (N-methyl/N-ethyl adjacent to an activating group) is 1. The summed E-state index contributed by atoms with van der Waals surface area (Å²) < 4.78 is 5.88. The zero-order valence-electron chi connectivity index (χ0n) is 10.1. The van der Waals surface area contributed by atoms with E-state index in [1.165, 1.54) is 0 Å². The summed E-state index contributed by atoms with van der Waals surface area (Å²) >= 11 is 12.3. The molecule has 1 aliphatic rings. The van der Waals surface area contributed by atoms with Gasteiger partial charge >= 0.3 is 0 Å². The molecule has 0 radical (unpaired) electrons. The standard InChI is InChI=1S/C13H17Cl2NO/c1-13(6-3-7-17-13)12(16-2)10-8-9(14)4-5-11(10)15/h4-5,8,12,16H,3,6-7H2,1-2H3. The Hall–Kier alpha value is -0.280. The molecular formula is C13H17Cl2NO. The molecule has 1 heterocycles. The number of halogens is 2. The summed E-state index contributed by atoms with van der Waals surface area (Å²) in [6, 6.07) is 5.62. The summed E-state index contributed by atoms with van der Waals surface area (Å²) in [5.41, 5.74) is 0.800. The second-order valence-electron chi connectivity index (χ2n) is 4.65. The average molecular weight is 274 g/mol. The quantitative estimate of drug-likeness (QED) is 0.904. The third kappa shape index (κ3) is 2.60. The lowest BCUT2D eigenvalue weighted by molar-refractivity contribution is -0.0104. The fourth-order valence-corrected chi connectivity index (χ4v) is 2.96. The maximum Gasteiger partial charge on any atom is 0.0849 e. The van der Waals surface area contributed by atoms with Crippen molar-refractivity contribution in [2.45, 2.75) is 31.4 Å². The molecule has 2 unspecified atom stereocenters. The molecule has 0 amide bonds. The monoisotopic (exact) mass is 273 g/mol. The molecule has 2 rings (SSSR count). The molecule has 0 aromatic heterocycles. The minimum absolute atomic E-state index is 0.0659. The third-order valence-electron chi connectivity index (χ3n) is 3.42. The van der Waals surface area contributed by atoms with Gasteiger partial charge in [0.1, 0.15) is 0 Å². The Labute approximate surface area is 112 Å². The zero-order chi connectivity index (χ0) is 12.5. The lowest BCUT2D eigenvalue weighted by Crippen LogP contribution is -2.39. The summed E-state index contributed by atoms with van der Waals surface area (Å²) in [6.07, 6.45) is 2.12. The van der Waals surface area contributed by atoms with Crippen LogP contribution in [0.15, 0.2) is 18.2 Å². The highest BCUT2D eigenvalue weighted by Gasteiger charge is 2.39. The lowest BCUT2D eigenvalue weighted by atomic mass is 9.88. The first-order valence-electron chi connectivity index (χ1n) is 5.83. The molecule has 0 bridgehead atoms. The van der Waals surface area contributed by atoms with Crippen LogP contribution in [0.1, 0.15) is 31.4 Å². The third-order valence-corrected chi connectivity index (χ3v) is 4.00. The number of hydrogen-bond acceptors (Lipinski definition) is 2. The minimum atomic E-state index is -0.205. The van der Waals surface area contributed by atoms with E-state index in [0.29, 0.717) is 5.02 Å². The maximum absolute atomic E-state index is 6.26. The number of rotatable bonds is 3. The molecule has 0 saturated carbocycles. The Kier molecular flexibility index (Phi) is 3.99. The van der Waals surface area contributed by atoms with Crippen LogP contribution in [0.3, 0.4) is 0 Å². The van der Waals surface area contributed by atoms with Crippen molar-refractivity contribution in [2.24, 2.45) is 0 Å². The second-order valence-corrected chi connectivity index (χ2v) is 5.50. The van der Waals surface area contributed by atoms with Gasteiger partial charge in [0, 0.05) is 16.7 Å². The molecule has 0 aliphatic carbocycles. The van der Waals surface area contributed by atoms with E-state index >= 15 is 0 Å². The summed E-state index contributed by atoms with van der Waals surface area (Å²) in [5, 5.41) is 4.73. The van der Waals surface area contributed by atoms with Crippen molar-refractivity contribution in [1.29, 1.82) is 0 Å². The fourth-order valence-electron chi connectivity index (χ4n) is 2.55. The summed E-state index contributed by atoms with van der Waals surface area (Å²) in [4.78, 5) is 0. The van der Waals surface area contributed by atoms with Crippen molar-refractivity contribution in [3.63, 3.8) is 0 Å². The van der Waals surface area contributed by atoms with Crippen molar-refractivity contribution >= 4 is 23.2 Å². The van der Waals surface area contributed by atoms with E-state index in [9.17, 15) is 0 Å². The molecule has 1 aliphatic heterocycles. The molecule has 1 N–H and O–H groups in total. The van der Waals surface area contributed by atoms with Gasteiger partial charge in [-0.05, 0) is 50.6 Å². The predicted molar refractivity (Wildman–Crippen MR) is 71.9 cm³/mol. The van der Waals surface area contributed by atoms with Gasteiger partial charge in [-0.1, -0.05) is 23.2 Å². The van der Waals surface area contributed by atoms with Crippen molar-refractivity contribution in [3.05, 3.63) is 33.8 Å². The Bertz CT molecular complexity index is 402. The SMILES string of the molecule is CNC(c1cc(Cl)ccc1Cl)C1(C)CCCO1. The van der Waals surface area contributed by atoms with Crippen LogP contribution in [0.4, 0.5) is 0 Å². The zero-order valence-corrected chi connectivity index (χ0v) is 11.6. The van der Waals surface area contributed by atoms with Crippen LogP contribution in [0.25, 0.3) is 0 Å². The van der Waals surface area contributed by atoms with Gasteiger partial charge in [-0.3, -0.25) is 0 Å². The largest absolute Gasteiger partial charge is 0.373 e. The van der Waals surface area contributed by atoms with Gasteiger partial charge < -0.3 is 10.1 Å². The molecule has 2 atom stereocenters. The van der Waals surface area contributed by atoms with Crippen LogP contribution < -0.4 is 5.32 Å². The fraction of sp³-hybridized carbons (Fsp3) is 0.538. The molecule has 2 nitrogen and oxygen atoms in total. The highest BCUT2D eigenvalue weighted by atomic mass is 35.5. The molecular weight excluding hydrogens is 257 g/mol. The number of hydrogen-bond donors (Lipinski definition) is 1. The average Bonchev–Trinajstić information content (AvgIpc) is 2.72. The van der Waals surface area contributed by atoms with Gasteiger partial charge in [0.25, 0.3) is 0 Å². The summed E-state index contributed by atoms with van der Waals surface area (Å²) in [6.45, 7) is 2.94. The van der Waals surface area contributed by atoms with E-state index in [0.717, 1.165) is 30.0 Å². The Morgan fingerprint density at radius 3 is 2.76 bits per heavy atom. The number of benzene rings is 1. The topological polar surface area (TPSA) is 21.3 Å². The van der Waals surface area contributed by atoms with E-state index in [1.807, 2.05) is 19.2 Å². The van der Waals surface area contributed by atoms with E-state index < -0.39 is 0 Å². The molecule has 1 fully saturated rings.